The van der Waals surface area contributed by atoms with Crippen molar-refractivity contribution in [3.63, 3.8) is 0 Å². The Morgan fingerprint density at radius 1 is 1.30 bits per heavy atom. The summed E-state index contributed by atoms with van der Waals surface area (Å²) in [5.41, 5.74) is 8.50. The third kappa shape index (κ3) is 2.62. The fourth-order valence-electron chi connectivity index (χ4n) is 2.78. The molecule has 6 heteroatoms. The van der Waals surface area contributed by atoms with Gasteiger partial charge in [-0.3, -0.25) is 20.6 Å². The van der Waals surface area contributed by atoms with Crippen molar-refractivity contribution in [2.75, 3.05) is 0 Å². The Balaban J connectivity index is 2.33. The van der Waals surface area contributed by atoms with Crippen LogP contribution in [0.1, 0.15) is 41.3 Å². The van der Waals surface area contributed by atoms with Gasteiger partial charge < -0.3 is 0 Å². The molecule has 0 radical (unpaired) electrons. The zero-order valence-corrected chi connectivity index (χ0v) is 12.9. The molecule has 0 bridgehead atoms. The minimum Gasteiger partial charge on any atom is -0.272 e. The van der Waals surface area contributed by atoms with Crippen molar-refractivity contribution in [3.05, 3.63) is 34.4 Å². The number of hydrogen-bond donors (Lipinski definition) is 2. The Hall–Kier alpha value is -1.66. The Kier molecular flexibility index (Phi) is 4.25. The van der Waals surface area contributed by atoms with Gasteiger partial charge in [-0.2, -0.15) is 10.2 Å². The molecule has 2 heterocycles. The number of aromatic nitrogens is 4. The van der Waals surface area contributed by atoms with Crippen LogP contribution in [0.3, 0.4) is 0 Å². The minimum atomic E-state index is 0.0464. The standard InChI is InChI=1S/C14H24N6/c1-6-20-12(7-9(2)17-20)8-13(16-15)14-10(3)18-19(5)11(14)4/h7,13,16H,6,8,15H2,1-5H3. The molecular weight excluding hydrogens is 252 g/mol. The van der Waals surface area contributed by atoms with E-state index in [2.05, 4.69) is 35.5 Å². The van der Waals surface area contributed by atoms with Gasteiger partial charge in [-0.15, -0.1) is 0 Å². The number of hydrazine groups is 1. The predicted octanol–water partition coefficient (Wildman–Crippen LogP) is 1.31. The number of aryl methyl sites for hydroxylation is 4. The smallest absolute Gasteiger partial charge is 0.0644 e. The summed E-state index contributed by atoms with van der Waals surface area (Å²) >= 11 is 0. The van der Waals surface area contributed by atoms with Crippen molar-refractivity contribution < 1.29 is 0 Å². The summed E-state index contributed by atoms with van der Waals surface area (Å²) in [6, 6.07) is 2.17. The summed E-state index contributed by atoms with van der Waals surface area (Å²) < 4.78 is 3.93. The number of nitrogens with two attached hydrogens (primary N) is 1. The topological polar surface area (TPSA) is 73.7 Å². The highest BCUT2D eigenvalue weighted by atomic mass is 15.3. The first-order valence-corrected chi connectivity index (χ1v) is 6.97. The molecule has 0 saturated carbocycles. The number of rotatable bonds is 5. The van der Waals surface area contributed by atoms with Crippen molar-refractivity contribution in [2.45, 2.75) is 46.7 Å². The van der Waals surface area contributed by atoms with Crippen LogP contribution in [0.15, 0.2) is 6.07 Å². The van der Waals surface area contributed by atoms with Gasteiger partial charge in [0.05, 0.1) is 17.4 Å². The maximum atomic E-state index is 5.78. The van der Waals surface area contributed by atoms with E-state index < -0.39 is 0 Å². The predicted molar refractivity (Wildman–Crippen MR) is 79.1 cm³/mol. The van der Waals surface area contributed by atoms with Gasteiger partial charge in [0.15, 0.2) is 0 Å². The van der Waals surface area contributed by atoms with Gasteiger partial charge in [0.25, 0.3) is 0 Å². The molecule has 0 amide bonds. The second-order valence-corrected chi connectivity index (χ2v) is 5.22. The molecule has 20 heavy (non-hydrogen) atoms. The molecule has 2 aromatic rings. The lowest BCUT2D eigenvalue weighted by Gasteiger charge is -2.17. The van der Waals surface area contributed by atoms with Crippen LogP contribution in [-0.2, 0) is 20.0 Å². The molecule has 0 aliphatic carbocycles. The lowest BCUT2D eigenvalue weighted by molar-refractivity contribution is 0.513. The second kappa shape index (κ2) is 5.76. The quantitative estimate of drug-likeness (QED) is 0.638. The van der Waals surface area contributed by atoms with Gasteiger partial charge in [-0.1, -0.05) is 0 Å². The Bertz CT molecular complexity index is 595. The van der Waals surface area contributed by atoms with E-state index in [0.29, 0.717) is 0 Å². The van der Waals surface area contributed by atoms with Crippen molar-refractivity contribution in [2.24, 2.45) is 12.9 Å². The Morgan fingerprint density at radius 2 is 2.00 bits per heavy atom. The molecule has 3 N–H and O–H groups in total. The van der Waals surface area contributed by atoms with E-state index in [1.807, 2.05) is 30.3 Å². The van der Waals surface area contributed by atoms with E-state index in [4.69, 9.17) is 5.84 Å². The monoisotopic (exact) mass is 276 g/mol. The maximum Gasteiger partial charge on any atom is 0.0644 e. The zero-order valence-electron chi connectivity index (χ0n) is 12.9. The van der Waals surface area contributed by atoms with Gasteiger partial charge >= 0.3 is 0 Å². The first-order valence-electron chi connectivity index (χ1n) is 6.97. The van der Waals surface area contributed by atoms with E-state index >= 15 is 0 Å². The van der Waals surface area contributed by atoms with Crippen LogP contribution in [0, 0.1) is 20.8 Å². The molecule has 0 fully saturated rings. The van der Waals surface area contributed by atoms with E-state index in [9.17, 15) is 0 Å². The molecule has 2 rings (SSSR count). The van der Waals surface area contributed by atoms with E-state index in [1.165, 1.54) is 11.3 Å². The van der Waals surface area contributed by atoms with Gasteiger partial charge in [0, 0.05) is 37.0 Å². The molecule has 0 aliphatic heterocycles. The summed E-state index contributed by atoms with van der Waals surface area (Å²) in [6.07, 6.45) is 0.804. The third-order valence-corrected chi connectivity index (χ3v) is 3.81. The van der Waals surface area contributed by atoms with Crippen LogP contribution in [0.25, 0.3) is 0 Å². The Morgan fingerprint density at radius 3 is 2.50 bits per heavy atom. The van der Waals surface area contributed by atoms with Crippen LogP contribution in [0.5, 0.6) is 0 Å². The fraction of sp³-hybridized carbons (Fsp3) is 0.571. The highest BCUT2D eigenvalue weighted by Crippen LogP contribution is 2.24. The normalized spacial score (nSPS) is 12.9. The summed E-state index contributed by atoms with van der Waals surface area (Å²) in [7, 11) is 1.96. The largest absolute Gasteiger partial charge is 0.272 e. The molecular formula is C14H24N6. The summed E-state index contributed by atoms with van der Waals surface area (Å²) in [5, 5.41) is 8.96. The van der Waals surface area contributed by atoms with E-state index in [1.54, 1.807) is 0 Å². The highest BCUT2D eigenvalue weighted by Gasteiger charge is 2.21. The molecule has 0 spiro atoms. The molecule has 0 saturated heterocycles. The van der Waals surface area contributed by atoms with Crippen LogP contribution in [-0.4, -0.2) is 19.6 Å². The maximum absolute atomic E-state index is 5.78. The fourth-order valence-corrected chi connectivity index (χ4v) is 2.78. The average molecular weight is 276 g/mol. The van der Waals surface area contributed by atoms with Crippen molar-refractivity contribution >= 4 is 0 Å². The lowest BCUT2D eigenvalue weighted by atomic mass is 10.0. The summed E-state index contributed by atoms with van der Waals surface area (Å²) in [5.74, 6) is 5.78. The molecule has 1 atom stereocenters. The minimum absolute atomic E-state index is 0.0464. The average Bonchev–Trinajstić information content (AvgIpc) is 2.88. The second-order valence-electron chi connectivity index (χ2n) is 5.22. The van der Waals surface area contributed by atoms with Crippen LogP contribution in [0.4, 0.5) is 0 Å². The van der Waals surface area contributed by atoms with E-state index in [0.717, 1.165) is 30.0 Å². The first kappa shape index (κ1) is 14.7. The van der Waals surface area contributed by atoms with Gasteiger partial charge in [0.1, 0.15) is 0 Å². The summed E-state index contributed by atoms with van der Waals surface area (Å²) in [4.78, 5) is 0. The van der Waals surface area contributed by atoms with Crippen molar-refractivity contribution in [3.8, 4) is 0 Å². The van der Waals surface area contributed by atoms with Gasteiger partial charge in [-0.05, 0) is 33.8 Å². The molecule has 2 aromatic heterocycles. The number of nitrogens with zero attached hydrogens (tertiary/aromatic N) is 4. The van der Waals surface area contributed by atoms with Gasteiger partial charge in [-0.25, -0.2) is 0 Å². The summed E-state index contributed by atoms with van der Waals surface area (Å²) in [6.45, 7) is 9.07. The first-order chi connectivity index (χ1) is 9.47. The highest BCUT2D eigenvalue weighted by molar-refractivity contribution is 5.29. The SMILES string of the molecule is CCn1nc(C)cc1CC(NN)c1c(C)nn(C)c1C. The number of hydrogen-bond acceptors (Lipinski definition) is 4. The van der Waals surface area contributed by atoms with E-state index in [-0.39, 0.29) is 6.04 Å². The molecule has 6 nitrogen and oxygen atoms in total. The molecule has 0 aliphatic rings. The molecule has 0 aromatic carbocycles. The van der Waals surface area contributed by atoms with Gasteiger partial charge in [0.2, 0.25) is 0 Å². The van der Waals surface area contributed by atoms with Crippen LogP contribution in [0.2, 0.25) is 0 Å². The van der Waals surface area contributed by atoms with Crippen LogP contribution < -0.4 is 11.3 Å². The molecule has 110 valence electrons. The zero-order chi connectivity index (χ0) is 14.9. The third-order valence-electron chi connectivity index (χ3n) is 3.81. The van der Waals surface area contributed by atoms with Crippen LogP contribution >= 0.6 is 0 Å². The number of nitrogens with one attached hydrogen (secondary N) is 1. The van der Waals surface area contributed by atoms with Crippen molar-refractivity contribution in [1.82, 2.24) is 25.0 Å². The van der Waals surface area contributed by atoms with Crippen molar-refractivity contribution in [1.29, 1.82) is 0 Å². The molecule has 1 unspecified atom stereocenters. The Labute approximate surface area is 119 Å². The lowest BCUT2D eigenvalue weighted by Crippen LogP contribution is -2.31.